The number of benzene rings is 1. The van der Waals surface area contributed by atoms with Gasteiger partial charge in [0.15, 0.2) is 0 Å². The summed E-state index contributed by atoms with van der Waals surface area (Å²) in [4.78, 5) is 42.8. The maximum Gasteiger partial charge on any atom is 0.289 e. The first-order chi connectivity index (χ1) is 17.4. The number of hydrogen-bond acceptors (Lipinski definition) is 8. The summed E-state index contributed by atoms with van der Waals surface area (Å²) in [6.07, 6.45) is 1.39. The molecule has 1 aliphatic heterocycles. The van der Waals surface area contributed by atoms with Gasteiger partial charge in [-0.05, 0) is 25.0 Å². The highest BCUT2D eigenvalue weighted by Gasteiger charge is 2.26. The van der Waals surface area contributed by atoms with Gasteiger partial charge in [-0.3, -0.25) is 25.2 Å². The van der Waals surface area contributed by atoms with Gasteiger partial charge in [-0.2, -0.15) is 0 Å². The number of hydrogen-bond donors (Lipinski definition) is 2. The van der Waals surface area contributed by atoms with Crippen LogP contribution >= 0.6 is 11.3 Å². The summed E-state index contributed by atoms with van der Waals surface area (Å²) in [6, 6.07) is 2.50. The third-order valence-electron chi connectivity index (χ3n) is 5.45. The average Bonchev–Trinajstić information content (AvgIpc) is 3.37. The topological polar surface area (TPSA) is 119 Å². The van der Waals surface area contributed by atoms with E-state index in [1.54, 1.807) is 17.4 Å². The van der Waals surface area contributed by atoms with Crippen LogP contribution in [0.15, 0.2) is 23.6 Å². The number of carbonyl (C=O) groups is 3. The van der Waals surface area contributed by atoms with Gasteiger partial charge < -0.3 is 19.1 Å². The molecule has 0 radical (unpaired) electrons. The molecule has 3 amide bonds. The van der Waals surface area contributed by atoms with Crippen LogP contribution in [0.25, 0.3) is 0 Å². The first kappa shape index (κ1) is 27.6. The van der Waals surface area contributed by atoms with Crippen LogP contribution < -0.4 is 10.9 Å². The highest BCUT2D eigenvalue weighted by molar-refractivity contribution is 7.09. The Morgan fingerprint density at radius 3 is 2.47 bits per heavy atom. The van der Waals surface area contributed by atoms with E-state index in [0.717, 1.165) is 17.1 Å². The normalized spacial score (nSPS) is 14.0. The van der Waals surface area contributed by atoms with Gasteiger partial charge in [-0.15, -0.1) is 11.3 Å². The maximum absolute atomic E-state index is 13.7. The van der Waals surface area contributed by atoms with Crippen molar-refractivity contribution in [3.63, 3.8) is 0 Å². The number of amides is 3. The van der Waals surface area contributed by atoms with Gasteiger partial charge in [-0.25, -0.2) is 13.8 Å². The minimum atomic E-state index is -1.04. The molecule has 0 unspecified atom stereocenters. The number of carbonyl (C=O) groups excluding carboxylic acids is 3. The van der Waals surface area contributed by atoms with E-state index in [1.165, 1.54) is 11.3 Å². The standard InChI is InChI=1S/C23H28F2N4O6S/c1-33-8-9-34-10-11-35-13-20(30)29-6-4-15(5-7-29)23-26-19(14-36-23)22(32)28-27-21(31)17-3-2-16(24)12-18(17)25/h2-3,12,14-15H,4-11,13H2,1H3,(H,27,31)(H,28,32). The van der Waals surface area contributed by atoms with Gasteiger partial charge in [0.2, 0.25) is 5.91 Å². The molecule has 3 rings (SSSR count). The fraction of sp³-hybridized carbons (Fsp3) is 0.478. The number of likely N-dealkylation sites (tertiary alicyclic amines) is 1. The zero-order valence-electron chi connectivity index (χ0n) is 19.8. The van der Waals surface area contributed by atoms with Crippen molar-refractivity contribution in [1.29, 1.82) is 0 Å². The van der Waals surface area contributed by atoms with E-state index in [2.05, 4.69) is 15.8 Å². The Morgan fingerprint density at radius 1 is 1.06 bits per heavy atom. The minimum absolute atomic E-state index is 0.00653. The van der Waals surface area contributed by atoms with Gasteiger partial charge in [0.1, 0.15) is 23.9 Å². The molecule has 1 fully saturated rings. The number of nitrogens with zero attached hydrogens (tertiary/aromatic N) is 2. The second-order valence-corrected chi connectivity index (χ2v) is 8.81. The summed E-state index contributed by atoms with van der Waals surface area (Å²) in [6.45, 7) is 2.81. The molecule has 1 saturated heterocycles. The number of thiazole rings is 1. The van der Waals surface area contributed by atoms with E-state index >= 15 is 0 Å². The van der Waals surface area contributed by atoms with Crippen molar-refractivity contribution in [2.45, 2.75) is 18.8 Å². The predicted molar refractivity (Wildman–Crippen MR) is 125 cm³/mol. The molecule has 0 bridgehead atoms. The van der Waals surface area contributed by atoms with Crippen LogP contribution in [-0.4, -0.2) is 80.8 Å². The third-order valence-corrected chi connectivity index (χ3v) is 6.45. The largest absolute Gasteiger partial charge is 0.382 e. The molecular weight excluding hydrogens is 498 g/mol. The van der Waals surface area contributed by atoms with Crippen LogP contribution in [0.5, 0.6) is 0 Å². The molecule has 2 N–H and O–H groups in total. The number of methoxy groups -OCH3 is 1. The number of aromatic nitrogens is 1. The van der Waals surface area contributed by atoms with Crippen molar-refractivity contribution >= 4 is 29.1 Å². The number of hydrazine groups is 1. The summed E-state index contributed by atoms with van der Waals surface area (Å²) in [5, 5.41) is 2.32. The zero-order chi connectivity index (χ0) is 25.9. The molecule has 10 nitrogen and oxygen atoms in total. The molecule has 1 aliphatic rings. The lowest BCUT2D eigenvalue weighted by atomic mass is 9.97. The van der Waals surface area contributed by atoms with Crippen LogP contribution in [0.1, 0.15) is 44.6 Å². The quantitative estimate of drug-likeness (QED) is 0.339. The lowest BCUT2D eigenvalue weighted by Crippen LogP contribution is -2.42. The minimum Gasteiger partial charge on any atom is -0.382 e. The molecule has 1 aromatic heterocycles. The third kappa shape index (κ3) is 8.01. The number of halogens is 2. The monoisotopic (exact) mass is 526 g/mol. The average molecular weight is 527 g/mol. The molecule has 0 aliphatic carbocycles. The predicted octanol–water partition coefficient (Wildman–Crippen LogP) is 1.88. The Balaban J connectivity index is 1.39. The smallest absolute Gasteiger partial charge is 0.289 e. The zero-order valence-corrected chi connectivity index (χ0v) is 20.6. The van der Waals surface area contributed by atoms with E-state index < -0.39 is 29.0 Å². The van der Waals surface area contributed by atoms with Crippen molar-refractivity contribution in [3.05, 3.63) is 51.5 Å². The van der Waals surface area contributed by atoms with E-state index in [9.17, 15) is 23.2 Å². The Hall–Kier alpha value is -3.00. The van der Waals surface area contributed by atoms with Crippen LogP contribution in [0.3, 0.4) is 0 Å². The lowest BCUT2D eigenvalue weighted by molar-refractivity contribution is -0.137. The van der Waals surface area contributed by atoms with Crippen molar-refractivity contribution in [2.24, 2.45) is 0 Å². The number of piperidine rings is 1. The molecule has 0 atom stereocenters. The van der Waals surface area contributed by atoms with Crippen molar-refractivity contribution < 1.29 is 37.4 Å². The summed E-state index contributed by atoms with van der Waals surface area (Å²) < 4.78 is 42.2. The SMILES string of the molecule is COCCOCCOCC(=O)N1CCC(c2nc(C(=O)NNC(=O)c3ccc(F)cc3F)cs2)CC1. The Morgan fingerprint density at radius 2 is 1.75 bits per heavy atom. The van der Waals surface area contributed by atoms with E-state index in [4.69, 9.17) is 14.2 Å². The molecular formula is C23H28F2N4O6S. The summed E-state index contributed by atoms with van der Waals surface area (Å²) in [7, 11) is 1.59. The fourth-order valence-corrected chi connectivity index (χ4v) is 4.46. The van der Waals surface area contributed by atoms with E-state index in [0.29, 0.717) is 58.4 Å². The molecule has 2 aromatic rings. The second kappa shape index (κ2) is 13.9. The first-order valence-electron chi connectivity index (χ1n) is 11.3. The molecule has 13 heteroatoms. The number of ether oxygens (including phenoxy) is 3. The highest BCUT2D eigenvalue weighted by atomic mass is 32.1. The van der Waals surface area contributed by atoms with E-state index in [-0.39, 0.29) is 24.1 Å². The van der Waals surface area contributed by atoms with Crippen molar-refractivity contribution in [2.75, 3.05) is 53.2 Å². The molecule has 36 heavy (non-hydrogen) atoms. The van der Waals surface area contributed by atoms with Gasteiger partial charge in [0.25, 0.3) is 11.8 Å². The van der Waals surface area contributed by atoms with Crippen LogP contribution in [-0.2, 0) is 19.0 Å². The van der Waals surface area contributed by atoms with E-state index in [1.807, 2.05) is 0 Å². The van der Waals surface area contributed by atoms with Gasteiger partial charge in [0, 0.05) is 37.6 Å². The van der Waals surface area contributed by atoms with Crippen LogP contribution in [0, 0.1) is 11.6 Å². The molecule has 0 saturated carbocycles. The van der Waals surface area contributed by atoms with Crippen LogP contribution in [0.2, 0.25) is 0 Å². The summed E-state index contributed by atoms with van der Waals surface area (Å²) >= 11 is 1.32. The number of rotatable bonds is 11. The maximum atomic E-state index is 13.7. The lowest BCUT2D eigenvalue weighted by Gasteiger charge is -2.31. The summed E-state index contributed by atoms with van der Waals surface area (Å²) in [5.74, 6) is -3.43. The Kier molecular flexibility index (Phi) is 10.7. The fourth-order valence-electron chi connectivity index (χ4n) is 3.49. The van der Waals surface area contributed by atoms with Crippen molar-refractivity contribution in [3.8, 4) is 0 Å². The molecule has 1 aromatic carbocycles. The molecule has 0 spiro atoms. The number of nitrogens with one attached hydrogen (secondary N) is 2. The summed E-state index contributed by atoms with van der Waals surface area (Å²) in [5.41, 5.74) is 3.97. The Labute approximate surface area is 210 Å². The highest BCUT2D eigenvalue weighted by Crippen LogP contribution is 2.30. The first-order valence-corrected chi connectivity index (χ1v) is 12.2. The van der Waals surface area contributed by atoms with Gasteiger partial charge in [-0.1, -0.05) is 0 Å². The van der Waals surface area contributed by atoms with Gasteiger partial charge in [0.05, 0.1) is 37.0 Å². The van der Waals surface area contributed by atoms with Gasteiger partial charge >= 0.3 is 0 Å². The molecule has 2 heterocycles. The van der Waals surface area contributed by atoms with Crippen LogP contribution in [0.4, 0.5) is 8.78 Å². The second-order valence-electron chi connectivity index (χ2n) is 7.92. The Bertz CT molecular complexity index is 1050. The van der Waals surface area contributed by atoms with Crippen molar-refractivity contribution in [1.82, 2.24) is 20.7 Å². The molecule has 196 valence electrons.